The van der Waals surface area contributed by atoms with Crippen molar-refractivity contribution in [2.75, 3.05) is 14.2 Å². The second-order valence-corrected chi connectivity index (χ2v) is 6.99. The third-order valence-electron chi connectivity index (χ3n) is 5.30. The van der Waals surface area contributed by atoms with Crippen LogP contribution in [-0.4, -0.2) is 30.0 Å². The maximum absolute atomic E-state index is 5.35. The summed E-state index contributed by atoms with van der Waals surface area (Å²) in [4.78, 5) is 9.22. The fourth-order valence-electron chi connectivity index (χ4n) is 3.83. The summed E-state index contributed by atoms with van der Waals surface area (Å²) in [6.45, 7) is 0. The highest BCUT2D eigenvalue weighted by molar-refractivity contribution is 5.85. The number of hydrogen-bond acceptors (Lipinski definition) is 4. The first kappa shape index (κ1) is 17.6. The van der Waals surface area contributed by atoms with Gasteiger partial charge in [-0.1, -0.05) is 19.3 Å². The summed E-state index contributed by atoms with van der Waals surface area (Å²) in [6, 6.07) is 12.6. The fourth-order valence-corrected chi connectivity index (χ4v) is 3.83. The minimum absolute atomic E-state index is 0.588. The minimum atomic E-state index is 0.588. The van der Waals surface area contributed by atoms with Crippen molar-refractivity contribution in [1.82, 2.24) is 9.55 Å². The van der Waals surface area contributed by atoms with Crippen molar-refractivity contribution in [1.29, 1.82) is 0 Å². The Hall–Kier alpha value is -2.82. The lowest BCUT2D eigenvalue weighted by atomic mass is 9.95. The summed E-state index contributed by atoms with van der Waals surface area (Å²) in [5, 5.41) is 0. The minimum Gasteiger partial charge on any atom is -0.493 e. The van der Waals surface area contributed by atoms with Crippen LogP contribution in [0.4, 0.5) is 5.69 Å². The number of fused-ring (bicyclic) bond motifs is 1. The Morgan fingerprint density at radius 2 is 1.81 bits per heavy atom. The molecule has 0 saturated heterocycles. The molecule has 1 saturated carbocycles. The van der Waals surface area contributed by atoms with Gasteiger partial charge in [-0.25, -0.2) is 4.98 Å². The Kier molecular flexibility index (Phi) is 5.10. The van der Waals surface area contributed by atoms with Crippen LogP contribution in [0.1, 0.15) is 43.7 Å². The lowest BCUT2D eigenvalue weighted by molar-refractivity contribution is 0.355. The average Bonchev–Trinajstić information content (AvgIpc) is 3.16. The molecule has 0 unspecified atom stereocenters. The average molecular weight is 363 g/mol. The normalized spacial score (nSPS) is 15.5. The van der Waals surface area contributed by atoms with E-state index in [0.717, 1.165) is 16.8 Å². The predicted molar refractivity (Wildman–Crippen MR) is 109 cm³/mol. The molecule has 4 rings (SSSR count). The third kappa shape index (κ3) is 3.68. The number of ether oxygens (including phenoxy) is 2. The van der Waals surface area contributed by atoms with E-state index >= 15 is 0 Å². The van der Waals surface area contributed by atoms with Gasteiger partial charge in [0.05, 0.1) is 37.3 Å². The number of methoxy groups -OCH3 is 2. The molecule has 5 heteroatoms. The molecule has 140 valence electrons. The van der Waals surface area contributed by atoms with Gasteiger partial charge in [-0.2, -0.15) is 0 Å². The lowest BCUT2D eigenvalue weighted by Gasteiger charge is -2.23. The number of aliphatic imine (C=N–C) groups is 1. The summed E-state index contributed by atoms with van der Waals surface area (Å²) in [7, 11) is 3.27. The second kappa shape index (κ2) is 7.82. The number of rotatable bonds is 5. The Bertz CT molecular complexity index is 955. The van der Waals surface area contributed by atoms with Crippen molar-refractivity contribution in [3.8, 4) is 11.5 Å². The molecule has 1 aliphatic carbocycles. The van der Waals surface area contributed by atoms with Crippen LogP contribution in [0.25, 0.3) is 11.0 Å². The largest absolute Gasteiger partial charge is 0.493 e. The van der Waals surface area contributed by atoms with Crippen LogP contribution >= 0.6 is 0 Å². The molecule has 0 radical (unpaired) electrons. The van der Waals surface area contributed by atoms with Crippen molar-refractivity contribution in [3.63, 3.8) is 0 Å². The predicted octanol–water partition coefficient (Wildman–Crippen LogP) is 5.31. The fraction of sp³-hybridized carbons (Fsp3) is 0.364. The molecule has 1 aliphatic rings. The van der Waals surface area contributed by atoms with Crippen molar-refractivity contribution in [2.24, 2.45) is 4.99 Å². The number of imidazole rings is 1. The number of benzene rings is 2. The monoisotopic (exact) mass is 363 g/mol. The van der Waals surface area contributed by atoms with E-state index in [0.29, 0.717) is 17.5 Å². The van der Waals surface area contributed by atoms with Crippen LogP contribution in [0, 0.1) is 0 Å². The standard InChI is InChI=1S/C22H25N3O2/c1-26-21-11-8-16(12-22(21)27-2)14-23-17-9-10-20-19(13-17)24-15-25(20)18-6-4-3-5-7-18/h8-15,18H,3-7H2,1-2H3. The van der Waals surface area contributed by atoms with Gasteiger partial charge in [-0.15, -0.1) is 0 Å². The van der Waals surface area contributed by atoms with E-state index in [1.807, 2.05) is 36.8 Å². The lowest BCUT2D eigenvalue weighted by Crippen LogP contribution is -2.11. The van der Waals surface area contributed by atoms with Gasteiger partial charge in [0.2, 0.25) is 0 Å². The molecule has 0 spiro atoms. The zero-order valence-electron chi connectivity index (χ0n) is 15.9. The molecule has 1 fully saturated rings. The summed E-state index contributed by atoms with van der Waals surface area (Å²) in [6.07, 6.45) is 10.3. The smallest absolute Gasteiger partial charge is 0.161 e. The number of hydrogen-bond donors (Lipinski definition) is 0. The Morgan fingerprint density at radius 3 is 2.59 bits per heavy atom. The van der Waals surface area contributed by atoms with Gasteiger partial charge in [0.25, 0.3) is 0 Å². The summed E-state index contributed by atoms with van der Waals surface area (Å²) in [5.74, 6) is 1.41. The van der Waals surface area contributed by atoms with Crippen LogP contribution in [0.5, 0.6) is 11.5 Å². The van der Waals surface area contributed by atoms with E-state index in [9.17, 15) is 0 Å². The van der Waals surface area contributed by atoms with Crippen LogP contribution in [0.3, 0.4) is 0 Å². The molecular weight excluding hydrogens is 338 g/mol. The van der Waals surface area contributed by atoms with Crippen molar-refractivity contribution in [3.05, 3.63) is 48.3 Å². The van der Waals surface area contributed by atoms with Gasteiger partial charge in [0, 0.05) is 12.3 Å². The third-order valence-corrected chi connectivity index (χ3v) is 5.30. The zero-order chi connectivity index (χ0) is 18.6. The topological polar surface area (TPSA) is 48.6 Å². The molecule has 0 aliphatic heterocycles. The van der Waals surface area contributed by atoms with E-state index in [4.69, 9.17) is 9.47 Å². The van der Waals surface area contributed by atoms with Crippen molar-refractivity contribution in [2.45, 2.75) is 38.1 Å². The van der Waals surface area contributed by atoms with E-state index in [1.165, 1.54) is 37.6 Å². The van der Waals surface area contributed by atoms with Crippen LogP contribution in [0.2, 0.25) is 0 Å². The maximum Gasteiger partial charge on any atom is 0.161 e. The molecule has 3 aromatic rings. The molecule has 1 heterocycles. The number of aromatic nitrogens is 2. The molecule has 0 N–H and O–H groups in total. The van der Waals surface area contributed by atoms with E-state index in [2.05, 4.69) is 26.7 Å². The first-order valence-electron chi connectivity index (χ1n) is 9.51. The highest BCUT2D eigenvalue weighted by Gasteiger charge is 2.17. The summed E-state index contributed by atoms with van der Waals surface area (Å²) < 4.78 is 13.0. The molecule has 2 aromatic carbocycles. The first-order chi connectivity index (χ1) is 13.3. The van der Waals surface area contributed by atoms with Crippen molar-refractivity contribution >= 4 is 22.9 Å². The Labute approximate surface area is 159 Å². The van der Waals surface area contributed by atoms with Gasteiger partial charge in [0.1, 0.15) is 0 Å². The molecule has 0 atom stereocenters. The molecule has 27 heavy (non-hydrogen) atoms. The van der Waals surface area contributed by atoms with Gasteiger partial charge in [0.15, 0.2) is 11.5 Å². The Balaban J connectivity index is 1.57. The maximum atomic E-state index is 5.35. The number of nitrogens with zero attached hydrogens (tertiary/aromatic N) is 3. The van der Waals surface area contributed by atoms with E-state index in [-0.39, 0.29) is 0 Å². The van der Waals surface area contributed by atoms with Gasteiger partial charge in [-0.3, -0.25) is 4.99 Å². The van der Waals surface area contributed by atoms with Crippen molar-refractivity contribution < 1.29 is 9.47 Å². The van der Waals surface area contributed by atoms with Gasteiger partial charge < -0.3 is 14.0 Å². The molecule has 1 aromatic heterocycles. The van der Waals surface area contributed by atoms with Crippen LogP contribution in [-0.2, 0) is 0 Å². The second-order valence-electron chi connectivity index (χ2n) is 6.99. The quantitative estimate of drug-likeness (QED) is 0.577. The molecule has 0 bridgehead atoms. The highest BCUT2D eigenvalue weighted by Crippen LogP contribution is 2.32. The van der Waals surface area contributed by atoms with E-state index in [1.54, 1.807) is 14.2 Å². The molecule has 5 nitrogen and oxygen atoms in total. The molecule has 0 amide bonds. The highest BCUT2D eigenvalue weighted by atomic mass is 16.5. The van der Waals surface area contributed by atoms with Crippen LogP contribution < -0.4 is 9.47 Å². The summed E-state index contributed by atoms with van der Waals surface area (Å²) in [5.41, 5.74) is 4.06. The molecular formula is C22H25N3O2. The zero-order valence-corrected chi connectivity index (χ0v) is 15.9. The van der Waals surface area contributed by atoms with Gasteiger partial charge >= 0.3 is 0 Å². The van der Waals surface area contributed by atoms with E-state index < -0.39 is 0 Å². The summed E-state index contributed by atoms with van der Waals surface area (Å²) >= 11 is 0. The first-order valence-corrected chi connectivity index (χ1v) is 9.51. The SMILES string of the molecule is COc1ccc(C=Nc2ccc3c(c2)ncn3C2CCCCC2)cc1OC. The van der Waals surface area contributed by atoms with Crippen LogP contribution in [0.15, 0.2) is 47.7 Å². The van der Waals surface area contributed by atoms with Gasteiger partial charge in [-0.05, 0) is 54.8 Å². The Morgan fingerprint density at radius 1 is 1.00 bits per heavy atom.